The normalized spacial score (nSPS) is 11.6. The lowest BCUT2D eigenvalue weighted by Gasteiger charge is -2.27. The summed E-state index contributed by atoms with van der Waals surface area (Å²) in [6.45, 7) is 8.39. The molecule has 1 heteroatoms. The highest BCUT2D eigenvalue weighted by molar-refractivity contribution is 5.44. The Hall–Kier alpha value is -1.76. The first-order chi connectivity index (χ1) is 8.41. The van der Waals surface area contributed by atoms with Crippen molar-refractivity contribution in [1.29, 1.82) is 0 Å². The van der Waals surface area contributed by atoms with Crippen LogP contribution in [-0.2, 0) is 5.41 Å². The van der Waals surface area contributed by atoms with E-state index in [1.807, 2.05) is 19.1 Å². The standard InChI is InChI=1S/C17H20O/c1-12-6-5-7-14(10-12)17(3,4)15-9-8-13(2)16(18)11-15/h5-11,18H,1-4H3. The molecular formula is C17H20O. The maximum Gasteiger partial charge on any atom is 0.118 e. The van der Waals surface area contributed by atoms with Gasteiger partial charge in [0.2, 0.25) is 0 Å². The number of rotatable bonds is 2. The Balaban J connectivity index is 2.50. The third-order valence-electron chi connectivity index (χ3n) is 3.67. The van der Waals surface area contributed by atoms with Gasteiger partial charge in [-0.25, -0.2) is 0 Å². The van der Waals surface area contributed by atoms with Crippen LogP contribution in [0.1, 0.15) is 36.1 Å². The van der Waals surface area contributed by atoms with E-state index in [2.05, 4.69) is 51.1 Å². The number of aryl methyl sites for hydroxylation is 2. The fourth-order valence-electron chi connectivity index (χ4n) is 2.20. The lowest BCUT2D eigenvalue weighted by atomic mass is 9.77. The minimum atomic E-state index is -0.1000. The van der Waals surface area contributed by atoms with Gasteiger partial charge in [0.25, 0.3) is 0 Å². The van der Waals surface area contributed by atoms with Gasteiger partial charge >= 0.3 is 0 Å². The number of hydrogen-bond donors (Lipinski definition) is 1. The van der Waals surface area contributed by atoms with Crippen LogP contribution in [0.4, 0.5) is 0 Å². The van der Waals surface area contributed by atoms with E-state index in [0.29, 0.717) is 5.75 Å². The van der Waals surface area contributed by atoms with Crippen LogP contribution < -0.4 is 0 Å². The van der Waals surface area contributed by atoms with Gasteiger partial charge < -0.3 is 5.11 Å². The number of aromatic hydroxyl groups is 1. The van der Waals surface area contributed by atoms with Crippen LogP contribution >= 0.6 is 0 Å². The van der Waals surface area contributed by atoms with E-state index in [-0.39, 0.29) is 5.41 Å². The molecule has 0 radical (unpaired) electrons. The predicted molar refractivity (Wildman–Crippen MR) is 76.2 cm³/mol. The third kappa shape index (κ3) is 2.26. The van der Waals surface area contributed by atoms with Crippen molar-refractivity contribution in [1.82, 2.24) is 0 Å². The summed E-state index contributed by atoms with van der Waals surface area (Å²) in [6.07, 6.45) is 0. The number of phenols is 1. The number of benzene rings is 2. The van der Waals surface area contributed by atoms with Crippen molar-refractivity contribution in [3.05, 3.63) is 64.7 Å². The molecule has 0 unspecified atom stereocenters. The monoisotopic (exact) mass is 240 g/mol. The van der Waals surface area contributed by atoms with Crippen molar-refractivity contribution >= 4 is 0 Å². The van der Waals surface area contributed by atoms with Crippen LogP contribution in [-0.4, -0.2) is 5.11 Å². The molecule has 0 aromatic heterocycles. The minimum absolute atomic E-state index is 0.1000. The maximum absolute atomic E-state index is 9.86. The van der Waals surface area contributed by atoms with Crippen LogP contribution in [0.25, 0.3) is 0 Å². The van der Waals surface area contributed by atoms with Crippen molar-refractivity contribution in [2.75, 3.05) is 0 Å². The van der Waals surface area contributed by atoms with Gasteiger partial charge in [-0.3, -0.25) is 0 Å². The van der Waals surface area contributed by atoms with E-state index < -0.39 is 0 Å². The van der Waals surface area contributed by atoms with Crippen LogP contribution in [0, 0.1) is 13.8 Å². The van der Waals surface area contributed by atoms with Gasteiger partial charge in [0.15, 0.2) is 0 Å². The van der Waals surface area contributed by atoms with Gasteiger partial charge in [-0.05, 0) is 36.6 Å². The van der Waals surface area contributed by atoms with Crippen molar-refractivity contribution < 1.29 is 5.11 Å². The lowest BCUT2D eigenvalue weighted by molar-refractivity contribution is 0.468. The first kappa shape index (κ1) is 12.7. The average Bonchev–Trinajstić information content (AvgIpc) is 2.32. The van der Waals surface area contributed by atoms with E-state index in [0.717, 1.165) is 11.1 Å². The zero-order chi connectivity index (χ0) is 13.3. The smallest absolute Gasteiger partial charge is 0.118 e. The van der Waals surface area contributed by atoms with Gasteiger partial charge in [0.05, 0.1) is 0 Å². The van der Waals surface area contributed by atoms with E-state index in [1.54, 1.807) is 0 Å². The Morgan fingerprint density at radius 3 is 2.17 bits per heavy atom. The van der Waals surface area contributed by atoms with Crippen molar-refractivity contribution in [2.45, 2.75) is 33.1 Å². The molecule has 0 aliphatic heterocycles. The third-order valence-corrected chi connectivity index (χ3v) is 3.67. The van der Waals surface area contributed by atoms with Crippen LogP contribution in [0.2, 0.25) is 0 Å². The number of phenolic OH excluding ortho intramolecular Hbond substituents is 1. The SMILES string of the molecule is Cc1cccc(C(C)(C)c2ccc(C)c(O)c2)c1. The molecule has 18 heavy (non-hydrogen) atoms. The van der Waals surface area contributed by atoms with E-state index in [9.17, 15) is 5.11 Å². The Morgan fingerprint density at radius 1 is 0.889 bits per heavy atom. The minimum Gasteiger partial charge on any atom is -0.508 e. The Morgan fingerprint density at radius 2 is 1.56 bits per heavy atom. The summed E-state index contributed by atoms with van der Waals surface area (Å²) in [7, 11) is 0. The molecule has 0 aliphatic carbocycles. The van der Waals surface area contributed by atoms with Crippen LogP contribution in [0.15, 0.2) is 42.5 Å². The fraction of sp³-hybridized carbons (Fsp3) is 0.294. The van der Waals surface area contributed by atoms with Gasteiger partial charge in [0, 0.05) is 5.41 Å². The van der Waals surface area contributed by atoms with E-state index in [1.165, 1.54) is 11.1 Å². The fourth-order valence-corrected chi connectivity index (χ4v) is 2.20. The molecule has 0 spiro atoms. The second kappa shape index (κ2) is 4.49. The molecule has 2 aromatic rings. The highest BCUT2D eigenvalue weighted by atomic mass is 16.3. The topological polar surface area (TPSA) is 20.2 Å². The molecule has 1 nitrogen and oxygen atoms in total. The second-order valence-electron chi connectivity index (χ2n) is 5.50. The summed E-state index contributed by atoms with van der Waals surface area (Å²) in [5.41, 5.74) is 4.48. The predicted octanol–water partition coefficient (Wildman–Crippen LogP) is 4.33. The summed E-state index contributed by atoms with van der Waals surface area (Å²) in [6, 6.07) is 14.5. The first-order valence-corrected chi connectivity index (χ1v) is 6.28. The summed E-state index contributed by atoms with van der Waals surface area (Å²) in [4.78, 5) is 0. The maximum atomic E-state index is 9.86. The summed E-state index contributed by atoms with van der Waals surface area (Å²) in [5, 5.41) is 9.86. The molecule has 0 atom stereocenters. The molecule has 0 fully saturated rings. The molecule has 94 valence electrons. The Bertz CT molecular complexity index is 568. The van der Waals surface area contributed by atoms with E-state index >= 15 is 0 Å². The molecule has 1 N–H and O–H groups in total. The average molecular weight is 240 g/mol. The van der Waals surface area contributed by atoms with Crippen LogP contribution in [0.5, 0.6) is 5.75 Å². The summed E-state index contributed by atoms with van der Waals surface area (Å²) < 4.78 is 0. The molecule has 2 aromatic carbocycles. The van der Waals surface area contributed by atoms with E-state index in [4.69, 9.17) is 0 Å². The summed E-state index contributed by atoms with van der Waals surface area (Å²) in [5.74, 6) is 0.369. The van der Waals surface area contributed by atoms with Crippen molar-refractivity contribution in [3.63, 3.8) is 0 Å². The van der Waals surface area contributed by atoms with Crippen LogP contribution in [0.3, 0.4) is 0 Å². The molecule has 0 heterocycles. The zero-order valence-electron chi connectivity index (χ0n) is 11.5. The molecule has 0 aliphatic rings. The number of hydrogen-bond acceptors (Lipinski definition) is 1. The Kier molecular flexibility index (Phi) is 3.16. The second-order valence-corrected chi connectivity index (χ2v) is 5.50. The molecule has 0 amide bonds. The highest BCUT2D eigenvalue weighted by Crippen LogP contribution is 2.34. The summed E-state index contributed by atoms with van der Waals surface area (Å²) >= 11 is 0. The van der Waals surface area contributed by atoms with Gasteiger partial charge in [-0.15, -0.1) is 0 Å². The molecule has 0 saturated carbocycles. The van der Waals surface area contributed by atoms with Crippen molar-refractivity contribution in [2.24, 2.45) is 0 Å². The molecular weight excluding hydrogens is 220 g/mol. The van der Waals surface area contributed by atoms with Crippen molar-refractivity contribution in [3.8, 4) is 5.75 Å². The largest absolute Gasteiger partial charge is 0.508 e. The Labute approximate surface area is 109 Å². The van der Waals surface area contributed by atoms with Gasteiger partial charge in [-0.1, -0.05) is 55.8 Å². The highest BCUT2D eigenvalue weighted by Gasteiger charge is 2.23. The first-order valence-electron chi connectivity index (χ1n) is 6.28. The molecule has 0 bridgehead atoms. The van der Waals surface area contributed by atoms with Gasteiger partial charge in [-0.2, -0.15) is 0 Å². The zero-order valence-corrected chi connectivity index (χ0v) is 11.5. The quantitative estimate of drug-likeness (QED) is 0.828. The molecule has 0 saturated heterocycles. The molecule has 2 rings (SSSR count). The van der Waals surface area contributed by atoms with Gasteiger partial charge in [0.1, 0.15) is 5.75 Å². The lowest BCUT2D eigenvalue weighted by Crippen LogP contribution is -2.18.